The van der Waals surface area contributed by atoms with Gasteiger partial charge in [0.2, 0.25) is 0 Å². The van der Waals surface area contributed by atoms with Crippen LogP contribution in [0, 0.1) is 5.92 Å². The third-order valence-electron chi connectivity index (χ3n) is 3.58. The smallest absolute Gasteiger partial charge is 0.416 e. The molecule has 0 aromatic heterocycles. The maximum atomic E-state index is 13.3. The molecule has 1 fully saturated rings. The number of rotatable bonds is 5. The van der Waals surface area contributed by atoms with E-state index < -0.39 is 17.9 Å². The minimum absolute atomic E-state index is 0.0152. The van der Waals surface area contributed by atoms with Crippen molar-refractivity contribution in [1.82, 2.24) is 0 Å². The number of halogens is 4. The topological polar surface area (TPSA) is 9.23 Å². The van der Waals surface area contributed by atoms with E-state index in [1.54, 1.807) is 0 Å². The van der Waals surface area contributed by atoms with Crippen molar-refractivity contribution >= 4 is 0 Å². The fourth-order valence-corrected chi connectivity index (χ4v) is 2.44. The van der Waals surface area contributed by atoms with Crippen molar-refractivity contribution in [1.29, 1.82) is 0 Å². The molecule has 2 unspecified atom stereocenters. The summed E-state index contributed by atoms with van der Waals surface area (Å²) < 4.78 is 56.2. The molecule has 0 N–H and O–H groups in total. The second-order valence-electron chi connectivity index (χ2n) is 5.20. The Balaban J connectivity index is 1.77. The number of alkyl halides is 4. The molecule has 0 heterocycles. The van der Waals surface area contributed by atoms with Gasteiger partial charge in [0, 0.05) is 5.92 Å². The predicted octanol–water partition coefficient (Wildman–Crippen LogP) is 5.17. The van der Waals surface area contributed by atoms with Crippen LogP contribution < -0.4 is 4.74 Å². The van der Waals surface area contributed by atoms with Crippen molar-refractivity contribution < 1.29 is 22.3 Å². The summed E-state index contributed by atoms with van der Waals surface area (Å²) >= 11 is 0. The predicted molar refractivity (Wildman–Crippen MR) is 72.9 cm³/mol. The summed E-state index contributed by atoms with van der Waals surface area (Å²) in [5, 5.41) is 0. The first-order chi connectivity index (χ1) is 9.97. The molecule has 0 aliphatic heterocycles. The lowest BCUT2D eigenvalue weighted by Gasteiger charge is -2.10. The molecule has 1 nitrogen and oxygen atoms in total. The lowest BCUT2D eigenvalue weighted by atomic mass is 10.1. The van der Waals surface area contributed by atoms with Crippen LogP contribution in [0.5, 0.6) is 5.75 Å². The van der Waals surface area contributed by atoms with Crippen LogP contribution in [-0.4, -0.2) is 12.8 Å². The van der Waals surface area contributed by atoms with Gasteiger partial charge in [-0.15, -0.1) is 0 Å². The molecule has 5 heteroatoms. The van der Waals surface area contributed by atoms with E-state index in [4.69, 9.17) is 4.74 Å². The van der Waals surface area contributed by atoms with Gasteiger partial charge in [0.15, 0.2) is 0 Å². The van der Waals surface area contributed by atoms with Crippen LogP contribution in [0.15, 0.2) is 36.4 Å². The fourth-order valence-electron chi connectivity index (χ4n) is 2.44. The molecule has 1 aromatic rings. The zero-order valence-electron chi connectivity index (χ0n) is 11.6. The number of hydrogen-bond donors (Lipinski definition) is 0. The van der Waals surface area contributed by atoms with E-state index >= 15 is 0 Å². The molecule has 0 bridgehead atoms. The molecule has 2 atom stereocenters. The lowest BCUT2D eigenvalue weighted by molar-refractivity contribution is -0.137. The van der Waals surface area contributed by atoms with E-state index in [0.29, 0.717) is 12.8 Å². The average Bonchev–Trinajstić information content (AvgIpc) is 2.83. The highest BCUT2D eigenvalue weighted by molar-refractivity contribution is 5.30. The molecule has 1 saturated carbocycles. The van der Waals surface area contributed by atoms with Crippen molar-refractivity contribution in [3.63, 3.8) is 0 Å². The van der Waals surface area contributed by atoms with Crippen molar-refractivity contribution in [3.05, 3.63) is 42.0 Å². The molecule has 116 valence electrons. The first-order valence-electron chi connectivity index (χ1n) is 7.07. The van der Waals surface area contributed by atoms with E-state index in [2.05, 4.69) is 0 Å². The Kier molecular flexibility index (Phi) is 5.26. The monoisotopic (exact) mass is 302 g/mol. The molecule has 1 aromatic carbocycles. The highest BCUT2D eigenvalue weighted by Gasteiger charge is 2.30. The Morgan fingerprint density at radius 3 is 2.71 bits per heavy atom. The van der Waals surface area contributed by atoms with Gasteiger partial charge in [-0.3, -0.25) is 0 Å². The summed E-state index contributed by atoms with van der Waals surface area (Å²) in [5.41, 5.74) is -0.721. The summed E-state index contributed by atoms with van der Waals surface area (Å²) in [7, 11) is 0. The van der Waals surface area contributed by atoms with Crippen molar-refractivity contribution in [3.8, 4) is 5.75 Å². The van der Waals surface area contributed by atoms with Crippen LogP contribution in [0.4, 0.5) is 17.6 Å². The minimum Gasteiger partial charge on any atom is -0.493 e. The van der Waals surface area contributed by atoms with Gasteiger partial charge in [-0.1, -0.05) is 18.2 Å². The highest BCUT2D eigenvalue weighted by Crippen LogP contribution is 2.31. The van der Waals surface area contributed by atoms with Crippen LogP contribution >= 0.6 is 0 Å². The van der Waals surface area contributed by atoms with E-state index in [0.717, 1.165) is 25.0 Å². The number of hydrogen-bond acceptors (Lipinski definition) is 1. The fraction of sp³-hybridized carbons (Fsp3) is 0.500. The van der Waals surface area contributed by atoms with Crippen molar-refractivity contribution in [2.24, 2.45) is 5.92 Å². The van der Waals surface area contributed by atoms with E-state index in [1.165, 1.54) is 12.1 Å². The van der Waals surface area contributed by atoms with Crippen LogP contribution in [0.3, 0.4) is 0 Å². The first kappa shape index (κ1) is 15.9. The number of allylic oxidation sites excluding steroid dienone is 1. The molecule has 0 saturated heterocycles. The van der Waals surface area contributed by atoms with E-state index in [-0.39, 0.29) is 18.3 Å². The minimum atomic E-state index is -4.36. The highest BCUT2D eigenvalue weighted by atomic mass is 19.4. The average molecular weight is 302 g/mol. The van der Waals surface area contributed by atoms with Gasteiger partial charge in [-0.2, -0.15) is 13.2 Å². The van der Waals surface area contributed by atoms with Crippen LogP contribution in [-0.2, 0) is 6.18 Å². The normalized spacial score (nSPS) is 22.9. The van der Waals surface area contributed by atoms with Gasteiger partial charge in [-0.05, 0) is 43.9 Å². The molecular formula is C16H18F4O. The summed E-state index contributed by atoms with van der Waals surface area (Å²) in [6.07, 6.45) is 1.53. The van der Waals surface area contributed by atoms with Gasteiger partial charge in [-0.25, -0.2) is 4.39 Å². The molecule has 21 heavy (non-hydrogen) atoms. The van der Waals surface area contributed by atoms with Crippen LogP contribution in [0.25, 0.3) is 0 Å². The largest absolute Gasteiger partial charge is 0.493 e. The Morgan fingerprint density at radius 1 is 1.24 bits per heavy atom. The van der Waals surface area contributed by atoms with Gasteiger partial charge < -0.3 is 4.74 Å². The maximum absolute atomic E-state index is 13.3. The molecular weight excluding hydrogens is 284 g/mol. The Bertz CT molecular complexity index is 481. The second kappa shape index (κ2) is 6.96. The van der Waals surface area contributed by atoms with Crippen molar-refractivity contribution in [2.75, 3.05) is 6.61 Å². The van der Waals surface area contributed by atoms with Crippen molar-refractivity contribution in [2.45, 2.75) is 38.0 Å². The second-order valence-corrected chi connectivity index (χ2v) is 5.20. The third kappa shape index (κ3) is 4.76. The number of benzene rings is 1. The Labute approximate surface area is 121 Å². The molecule has 1 aliphatic rings. The third-order valence-corrected chi connectivity index (χ3v) is 3.58. The van der Waals surface area contributed by atoms with E-state index in [9.17, 15) is 17.6 Å². The molecule has 0 amide bonds. The molecule has 0 radical (unpaired) electrons. The zero-order chi connectivity index (χ0) is 15.3. The summed E-state index contributed by atoms with van der Waals surface area (Å²) in [5.74, 6) is 0.181. The van der Waals surface area contributed by atoms with Gasteiger partial charge in [0.1, 0.15) is 11.9 Å². The summed E-state index contributed by atoms with van der Waals surface area (Å²) in [4.78, 5) is 0. The Morgan fingerprint density at radius 2 is 2.05 bits per heavy atom. The Hall–Kier alpha value is -1.52. The van der Waals surface area contributed by atoms with Crippen LogP contribution in [0.2, 0.25) is 0 Å². The van der Waals surface area contributed by atoms with Gasteiger partial charge >= 0.3 is 6.18 Å². The van der Waals surface area contributed by atoms with E-state index in [1.807, 2.05) is 12.2 Å². The van der Waals surface area contributed by atoms with Gasteiger partial charge in [0.05, 0.1) is 12.2 Å². The maximum Gasteiger partial charge on any atom is 0.416 e. The summed E-state index contributed by atoms with van der Waals surface area (Å²) in [6.45, 7) is 0.279. The van der Waals surface area contributed by atoms with Crippen LogP contribution in [0.1, 0.15) is 31.2 Å². The summed E-state index contributed by atoms with van der Waals surface area (Å²) in [6, 6.07) is 4.81. The standard InChI is InChI=1S/C16H18F4O/c17-15-9-3-6-12(15)5-1-2-10-21-14-8-4-7-13(11-14)16(18,19)20/h1,4-5,7-8,11-12,15H,2-3,6,9-10H2/b5-1+. The SMILES string of the molecule is FC1CCCC1/C=C/CCOc1cccc(C(F)(F)F)c1. The first-order valence-corrected chi connectivity index (χ1v) is 7.07. The molecule has 0 spiro atoms. The zero-order valence-corrected chi connectivity index (χ0v) is 11.6. The quantitative estimate of drug-likeness (QED) is 0.414. The lowest BCUT2D eigenvalue weighted by Crippen LogP contribution is -2.06. The molecule has 1 aliphatic carbocycles. The number of ether oxygens (including phenoxy) is 1. The molecule has 2 rings (SSSR count). The van der Waals surface area contributed by atoms with Gasteiger partial charge in [0.25, 0.3) is 0 Å².